The van der Waals surface area contributed by atoms with Crippen molar-refractivity contribution < 1.29 is 40.8 Å². The van der Waals surface area contributed by atoms with E-state index < -0.39 is 13.1 Å². The van der Waals surface area contributed by atoms with Crippen LogP contribution in [0.1, 0.15) is 10.4 Å². The normalized spacial score (nSPS) is 10.1. The van der Waals surface area contributed by atoms with Crippen molar-refractivity contribution in [3.8, 4) is 0 Å². The summed E-state index contributed by atoms with van der Waals surface area (Å²) in [7, 11) is -0.255. The molecule has 0 unspecified atom stereocenters. The van der Waals surface area contributed by atoms with Crippen LogP contribution in [-0.4, -0.2) is 35.2 Å². The van der Waals surface area contributed by atoms with Crippen molar-refractivity contribution in [1.82, 2.24) is 0 Å². The Morgan fingerprint density at radius 3 is 2.53 bits per heavy atom. The van der Waals surface area contributed by atoms with Gasteiger partial charge in [-0.25, -0.2) is 0 Å². The van der Waals surface area contributed by atoms with Crippen LogP contribution in [0.15, 0.2) is 18.2 Å². The van der Waals surface area contributed by atoms with Gasteiger partial charge in [0.25, 0.3) is 0 Å². The summed E-state index contributed by atoms with van der Waals surface area (Å²) in [5, 5.41) is 18.1. The van der Waals surface area contributed by atoms with Crippen molar-refractivity contribution in [3.63, 3.8) is 0 Å². The molecule has 0 atom stereocenters. The number of carbonyl (C=O) groups excluding carboxylic acids is 1. The molecule has 0 amide bonds. The average Bonchev–Trinajstić information content (AvgIpc) is 2.27. The Balaban J connectivity index is 3.17. The Morgan fingerprint density at radius 1 is 1.40 bits per heavy atom. The molecule has 4 nitrogen and oxygen atoms in total. The van der Waals surface area contributed by atoms with Gasteiger partial charge in [-0.3, -0.25) is 0 Å². The molecule has 0 saturated carbocycles. The Labute approximate surface area is 98.7 Å². The first-order valence-corrected chi connectivity index (χ1v) is 7.41. The summed E-state index contributed by atoms with van der Waals surface area (Å²) in [6, 6.07) is 4.86. The number of hydrogen-bond donors (Lipinski definition) is 2. The second-order valence-corrected chi connectivity index (χ2v) is 5.15. The van der Waals surface area contributed by atoms with Crippen LogP contribution < -0.4 is 26.7 Å². The van der Waals surface area contributed by atoms with E-state index >= 15 is 0 Å². The number of benzene rings is 1. The van der Waals surface area contributed by atoms with Crippen molar-refractivity contribution >= 4 is 18.6 Å². The minimum absolute atomic E-state index is 0.211. The van der Waals surface area contributed by atoms with Crippen LogP contribution in [0.3, 0.4) is 0 Å². The molecular formula is C9H11BIO4-. The average molecular weight is 321 g/mol. The molecule has 0 aliphatic rings. The third-order valence-electron chi connectivity index (χ3n) is 1.86. The standard InChI is InChI=1S/C9H11BIO4/c1-11-8-4-6(9(12)15-2)3-7(5-8)10(13)14/h3-5,13-14H,1-2H3/q-1. The minimum atomic E-state index is -1.55. The van der Waals surface area contributed by atoms with Gasteiger partial charge in [0.15, 0.2) is 0 Å². The number of carbonyl (C=O) groups is 1. The quantitative estimate of drug-likeness (QED) is 0.258. The van der Waals surface area contributed by atoms with Gasteiger partial charge in [0.05, 0.1) is 0 Å². The molecule has 0 saturated heterocycles. The molecular weight excluding hydrogens is 310 g/mol. The predicted octanol–water partition coefficient (Wildman–Crippen LogP) is -3.96. The van der Waals surface area contributed by atoms with Gasteiger partial charge in [-0.2, -0.15) is 0 Å². The van der Waals surface area contributed by atoms with E-state index in [9.17, 15) is 4.79 Å². The van der Waals surface area contributed by atoms with E-state index in [-0.39, 0.29) is 21.2 Å². The molecule has 6 heteroatoms. The summed E-state index contributed by atoms with van der Waals surface area (Å²) in [6.45, 7) is 0. The summed E-state index contributed by atoms with van der Waals surface area (Å²) in [6.07, 6.45) is 0. The molecule has 0 spiro atoms. The van der Waals surface area contributed by atoms with Crippen molar-refractivity contribution in [2.45, 2.75) is 0 Å². The molecule has 0 aliphatic heterocycles. The summed E-state index contributed by atoms with van der Waals surface area (Å²) in [4.78, 5) is 13.3. The van der Waals surface area contributed by atoms with Crippen LogP contribution in [-0.2, 0) is 4.74 Å². The number of halogens is 1. The second-order valence-electron chi connectivity index (χ2n) is 2.83. The summed E-state index contributed by atoms with van der Waals surface area (Å²) < 4.78 is 5.55. The van der Waals surface area contributed by atoms with E-state index in [1.165, 1.54) is 13.2 Å². The molecule has 0 heterocycles. The van der Waals surface area contributed by atoms with E-state index in [1.807, 2.05) is 4.93 Å². The molecule has 15 heavy (non-hydrogen) atoms. The van der Waals surface area contributed by atoms with Crippen molar-refractivity contribution in [2.75, 3.05) is 12.0 Å². The Morgan fingerprint density at radius 2 is 2.07 bits per heavy atom. The zero-order chi connectivity index (χ0) is 11.4. The van der Waals surface area contributed by atoms with Crippen molar-refractivity contribution in [3.05, 3.63) is 27.3 Å². The summed E-state index contributed by atoms with van der Waals surface area (Å²) >= 11 is -0.211. The van der Waals surface area contributed by atoms with Gasteiger partial charge in [0.1, 0.15) is 0 Å². The SMILES string of the molecule is COC(=O)c1cc([I-]C)cc(B(O)O)c1. The Hall–Kier alpha value is -0.595. The fraction of sp³-hybridized carbons (Fsp3) is 0.222. The molecule has 1 aromatic carbocycles. The van der Waals surface area contributed by atoms with E-state index in [1.54, 1.807) is 12.1 Å². The Kier molecular flexibility index (Phi) is 4.56. The van der Waals surface area contributed by atoms with Crippen LogP contribution in [0.4, 0.5) is 0 Å². The number of methoxy groups -OCH3 is 1. The first kappa shape index (κ1) is 12.5. The van der Waals surface area contributed by atoms with Gasteiger partial charge in [0, 0.05) is 0 Å². The molecule has 82 valence electrons. The third-order valence-corrected chi connectivity index (χ3v) is 3.73. The van der Waals surface area contributed by atoms with E-state index in [0.29, 0.717) is 11.0 Å². The second kappa shape index (κ2) is 5.48. The fourth-order valence-corrected chi connectivity index (χ4v) is 2.42. The first-order chi connectivity index (χ1) is 7.08. The van der Waals surface area contributed by atoms with Crippen molar-refractivity contribution in [2.24, 2.45) is 0 Å². The van der Waals surface area contributed by atoms with Gasteiger partial charge in [-0.1, -0.05) is 0 Å². The maximum absolute atomic E-state index is 11.3. The number of rotatable bonds is 3. The number of esters is 1. The Bertz CT molecular complexity index is 367. The van der Waals surface area contributed by atoms with E-state index in [4.69, 9.17) is 10.0 Å². The third kappa shape index (κ3) is 3.18. The van der Waals surface area contributed by atoms with Gasteiger partial charge in [-0.15, -0.1) is 0 Å². The number of hydrogen-bond acceptors (Lipinski definition) is 4. The molecule has 0 fully saturated rings. The molecule has 0 radical (unpaired) electrons. The van der Waals surface area contributed by atoms with Crippen LogP contribution in [0.25, 0.3) is 0 Å². The number of alkyl halides is 1. The fourth-order valence-electron chi connectivity index (χ4n) is 1.11. The summed E-state index contributed by atoms with van der Waals surface area (Å²) in [5.74, 6) is -0.462. The molecule has 0 aliphatic carbocycles. The zero-order valence-corrected chi connectivity index (χ0v) is 10.6. The van der Waals surface area contributed by atoms with Gasteiger partial charge >= 0.3 is 98.7 Å². The topological polar surface area (TPSA) is 66.8 Å². The predicted molar refractivity (Wildman–Crippen MR) is 52.2 cm³/mol. The molecule has 0 bridgehead atoms. The van der Waals surface area contributed by atoms with E-state index in [2.05, 4.69) is 4.74 Å². The first-order valence-electron chi connectivity index (χ1n) is 4.17. The molecule has 0 aromatic heterocycles. The molecule has 1 aromatic rings. The van der Waals surface area contributed by atoms with Crippen molar-refractivity contribution in [1.29, 1.82) is 0 Å². The van der Waals surface area contributed by atoms with Gasteiger partial charge in [-0.05, 0) is 0 Å². The van der Waals surface area contributed by atoms with Crippen LogP contribution in [0.5, 0.6) is 0 Å². The maximum atomic E-state index is 11.3. The molecule has 2 N–H and O–H groups in total. The van der Waals surface area contributed by atoms with E-state index in [0.717, 1.165) is 3.57 Å². The van der Waals surface area contributed by atoms with Crippen LogP contribution in [0.2, 0.25) is 0 Å². The monoisotopic (exact) mass is 321 g/mol. The van der Waals surface area contributed by atoms with Crippen LogP contribution >= 0.6 is 0 Å². The molecule has 1 rings (SSSR count). The van der Waals surface area contributed by atoms with Crippen LogP contribution in [0, 0.1) is 3.57 Å². The van der Waals surface area contributed by atoms with Gasteiger partial charge in [0.2, 0.25) is 0 Å². The zero-order valence-electron chi connectivity index (χ0n) is 8.40. The summed E-state index contributed by atoms with van der Waals surface area (Å²) in [5.41, 5.74) is 0.689. The number of ether oxygens (including phenoxy) is 1. The van der Waals surface area contributed by atoms with Gasteiger partial charge < -0.3 is 0 Å².